The first-order valence-electron chi connectivity index (χ1n) is 19.2. The van der Waals surface area contributed by atoms with Gasteiger partial charge in [0.25, 0.3) is 0 Å². The fourth-order valence-electron chi connectivity index (χ4n) is 11.8. The van der Waals surface area contributed by atoms with Gasteiger partial charge < -0.3 is 14.9 Å². The third-order valence-corrected chi connectivity index (χ3v) is 15.8. The van der Waals surface area contributed by atoms with Crippen LogP contribution in [0.1, 0.15) is 74.7 Å². The van der Waals surface area contributed by atoms with Crippen molar-refractivity contribution in [2.24, 2.45) is 33.5 Å². The monoisotopic (exact) mass is 775 g/mol. The van der Waals surface area contributed by atoms with Gasteiger partial charge in [-0.2, -0.15) is 4.31 Å². The molecule has 0 amide bonds. The lowest BCUT2D eigenvalue weighted by molar-refractivity contribution is -0.274. The molecule has 0 heterocycles. The van der Waals surface area contributed by atoms with Crippen LogP contribution in [-0.2, 0) is 16.6 Å². The van der Waals surface area contributed by atoms with Crippen LogP contribution < -0.4 is 4.74 Å². The Balaban J connectivity index is 1.16. The molecule has 0 radical (unpaired) electrons. The molecule has 3 fully saturated rings. The fourth-order valence-corrected chi connectivity index (χ4v) is 12.6. The molecule has 0 saturated heterocycles. The number of carbonyl (C=O) groups is 1. The molecule has 2 spiro atoms. The third-order valence-electron chi connectivity index (χ3n) is 14.6. The summed E-state index contributed by atoms with van der Waals surface area (Å²) in [6, 6.07) is 22.8. The smallest absolute Gasteiger partial charge is 0.406 e. The molecule has 2 N–H and O–H groups in total. The molecule has 8 atom stereocenters. The Hall–Kier alpha value is -3.77. The number of hydrogen-bond acceptors (Lipinski definition) is 6. The first-order valence-corrected chi connectivity index (χ1v) is 21.0. The summed E-state index contributed by atoms with van der Waals surface area (Å²) in [4.78, 5) is 15.0. The number of alkyl halides is 3. The van der Waals surface area contributed by atoms with Crippen molar-refractivity contribution in [3.63, 3.8) is 0 Å². The number of rotatable bonds is 9. The Kier molecular flexibility index (Phi) is 8.93. The van der Waals surface area contributed by atoms with E-state index in [1.807, 2.05) is 61.5 Å². The van der Waals surface area contributed by atoms with Crippen molar-refractivity contribution in [3.8, 4) is 16.9 Å². The maximum absolute atomic E-state index is 15.0. The topological polar surface area (TPSA) is 104 Å². The zero-order valence-electron chi connectivity index (χ0n) is 31.4. The highest BCUT2D eigenvalue weighted by atomic mass is 32.2. The Bertz CT molecular complexity index is 2160. The largest absolute Gasteiger partial charge is 0.573 e. The molecule has 2 bridgehead atoms. The Morgan fingerprint density at radius 2 is 1.47 bits per heavy atom. The lowest BCUT2D eigenvalue weighted by Crippen LogP contribution is -2.67. The average Bonchev–Trinajstić information content (AvgIpc) is 3.41. The summed E-state index contributed by atoms with van der Waals surface area (Å²) >= 11 is 0. The summed E-state index contributed by atoms with van der Waals surface area (Å²) in [5.74, 6) is -0.604. The second-order valence-corrected chi connectivity index (χ2v) is 19.3. The predicted molar refractivity (Wildman–Crippen MR) is 203 cm³/mol. The fraction of sp³-hybridized carbons (Fsp3) is 0.477. The van der Waals surface area contributed by atoms with Gasteiger partial charge in [0.05, 0.1) is 18.0 Å². The van der Waals surface area contributed by atoms with Gasteiger partial charge in [0, 0.05) is 40.5 Å². The van der Waals surface area contributed by atoms with E-state index >= 15 is 4.79 Å². The van der Waals surface area contributed by atoms with E-state index in [-0.39, 0.29) is 36.1 Å². The van der Waals surface area contributed by atoms with Crippen molar-refractivity contribution in [2.45, 2.75) is 83.4 Å². The zero-order valence-corrected chi connectivity index (χ0v) is 32.2. The van der Waals surface area contributed by atoms with Crippen LogP contribution >= 0.6 is 0 Å². The number of benzene rings is 3. The maximum atomic E-state index is 15.0. The molecule has 0 aliphatic heterocycles. The Morgan fingerprint density at radius 1 is 0.855 bits per heavy atom. The lowest BCUT2D eigenvalue weighted by Gasteiger charge is -2.71. The van der Waals surface area contributed by atoms with Crippen LogP contribution in [0.5, 0.6) is 5.75 Å². The summed E-state index contributed by atoms with van der Waals surface area (Å²) in [5, 5.41) is 23.9. The van der Waals surface area contributed by atoms with Gasteiger partial charge in [0.1, 0.15) is 5.75 Å². The number of allylic oxidation sites excluding steroid dienone is 4. The Labute approximate surface area is 321 Å². The molecule has 3 aromatic rings. The van der Waals surface area contributed by atoms with Gasteiger partial charge in [-0.3, -0.25) is 4.79 Å². The first kappa shape index (κ1) is 38.1. The summed E-state index contributed by atoms with van der Waals surface area (Å²) in [6.07, 6.45) is 6.60. The van der Waals surface area contributed by atoms with Gasteiger partial charge >= 0.3 is 6.36 Å². The molecule has 3 saturated carbocycles. The minimum absolute atomic E-state index is 0.0638. The number of halogens is 3. The number of aliphatic hydroxyl groups is 2. The van der Waals surface area contributed by atoms with E-state index in [0.717, 1.165) is 35.9 Å². The van der Waals surface area contributed by atoms with E-state index < -0.39 is 50.1 Å². The first-order chi connectivity index (χ1) is 25.8. The van der Waals surface area contributed by atoms with Crippen molar-refractivity contribution in [1.29, 1.82) is 0 Å². The van der Waals surface area contributed by atoms with Crippen LogP contribution in [0.25, 0.3) is 11.1 Å². The average molecular weight is 776 g/mol. The molecule has 3 aromatic carbocycles. The van der Waals surface area contributed by atoms with Crippen molar-refractivity contribution in [2.75, 3.05) is 12.8 Å². The molecule has 11 heteroatoms. The van der Waals surface area contributed by atoms with Gasteiger partial charge in [0.15, 0.2) is 5.78 Å². The minimum atomic E-state index is -4.85. The molecule has 9 rings (SSSR count). The number of Topliss-reactive ketones (excluding diaryl/α,β-unsaturated/α-hetero) is 1. The highest BCUT2D eigenvalue weighted by Gasteiger charge is 2.74. The number of ketones is 1. The Morgan fingerprint density at radius 3 is 2.13 bits per heavy atom. The molecule has 0 aromatic heterocycles. The van der Waals surface area contributed by atoms with E-state index in [0.29, 0.717) is 55.2 Å². The molecule has 1 unspecified atom stereocenters. The van der Waals surface area contributed by atoms with E-state index in [4.69, 9.17) is 0 Å². The number of fused-ring (bicyclic) bond motifs is 1. The molecular weight excluding hydrogens is 728 g/mol. The normalized spacial score (nSPS) is 35.1. The number of hydrogen-bond donors (Lipinski definition) is 2. The van der Waals surface area contributed by atoms with E-state index in [1.165, 1.54) is 16.4 Å². The molecular formula is C44H48F3NO6S. The standard InChI is InChI=1S/C44H48F3NO6S/c1-39-20-17-33(49)25-41(39)23-24-43(35(26-41)38(50)32-13-11-31(12-14-32)30-7-5-4-6-8-30)36(39)18-21-40(2)37(43)19-22-42(40,51)28-48(55(3,52)53)27-29-9-15-34(16-10-29)54-44(45,46)47/h4-16,23-24,26,33,36-37,49,51H,17-22,25,27-28H2,1-3H3/t33?,36-,37-,39-,40+,41+,42-,43-/m1/s1. The summed E-state index contributed by atoms with van der Waals surface area (Å²) in [5.41, 5.74) is 0.0722. The number of sulfonamides is 1. The van der Waals surface area contributed by atoms with E-state index in [1.54, 1.807) is 0 Å². The van der Waals surface area contributed by atoms with Crippen LogP contribution in [0.15, 0.2) is 103 Å². The quantitative estimate of drug-likeness (QED) is 0.167. The predicted octanol–water partition coefficient (Wildman–Crippen LogP) is 8.49. The number of nitrogens with zero attached hydrogens (tertiary/aromatic N) is 1. The molecule has 6 aliphatic carbocycles. The van der Waals surface area contributed by atoms with Gasteiger partial charge in [-0.05, 0) is 91.0 Å². The SMILES string of the molecule is C[C@]12CC[C@H]3[C@]4(C=C[C@@]5(C=C4C(=O)c4ccc(-c6ccccc6)cc4)CC(O)CC[C@]35C)[C@@H]1CC[C@@]2(O)CN(Cc1ccc(OC(F)(F)F)cc1)S(C)(=O)=O. The number of carbonyl (C=O) groups excluding carboxylic acids is 1. The molecule has 6 aliphatic rings. The van der Waals surface area contributed by atoms with Crippen molar-refractivity contribution < 1.29 is 41.3 Å². The summed E-state index contributed by atoms with van der Waals surface area (Å²) < 4.78 is 70.2. The highest BCUT2D eigenvalue weighted by molar-refractivity contribution is 7.88. The third kappa shape index (κ3) is 6.03. The van der Waals surface area contributed by atoms with Gasteiger partial charge in [0.2, 0.25) is 10.0 Å². The van der Waals surface area contributed by atoms with Crippen LogP contribution in [0.2, 0.25) is 0 Å². The van der Waals surface area contributed by atoms with Crippen LogP contribution in [0.3, 0.4) is 0 Å². The molecule has 292 valence electrons. The zero-order chi connectivity index (χ0) is 39.2. The van der Waals surface area contributed by atoms with Gasteiger partial charge in [-0.15, -0.1) is 13.2 Å². The van der Waals surface area contributed by atoms with Gasteiger partial charge in [-0.25, -0.2) is 8.42 Å². The minimum Gasteiger partial charge on any atom is -0.406 e. The second kappa shape index (κ2) is 12.9. The van der Waals surface area contributed by atoms with Crippen molar-refractivity contribution >= 4 is 15.8 Å². The van der Waals surface area contributed by atoms with Crippen LogP contribution in [0, 0.1) is 33.5 Å². The van der Waals surface area contributed by atoms with Gasteiger partial charge in [-0.1, -0.05) is 98.8 Å². The second-order valence-electron chi connectivity index (χ2n) is 17.3. The van der Waals surface area contributed by atoms with Crippen LogP contribution in [0.4, 0.5) is 13.2 Å². The molecule has 7 nitrogen and oxygen atoms in total. The van der Waals surface area contributed by atoms with E-state index in [2.05, 4.69) is 29.9 Å². The number of aliphatic hydroxyl groups excluding tert-OH is 1. The maximum Gasteiger partial charge on any atom is 0.573 e. The molecule has 55 heavy (non-hydrogen) atoms. The van der Waals surface area contributed by atoms with E-state index in [9.17, 15) is 31.8 Å². The summed E-state index contributed by atoms with van der Waals surface area (Å²) in [7, 11) is -3.89. The van der Waals surface area contributed by atoms with Crippen molar-refractivity contribution in [3.05, 3.63) is 114 Å². The van der Waals surface area contributed by atoms with Crippen molar-refractivity contribution in [1.82, 2.24) is 4.31 Å². The van der Waals surface area contributed by atoms with Crippen LogP contribution in [-0.4, -0.2) is 59.6 Å². The highest BCUT2D eigenvalue weighted by Crippen LogP contribution is 2.78. The summed E-state index contributed by atoms with van der Waals surface area (Å²) in [6.45, 7) is 4.01. The number of ether oxygens (including phenoxy) is 1. The lowest BCUT2D eigenvalue weighted by atomic mass is 9.32.